The second-order valence-electron chi connectivity index (χ2n) is 7.40. The van der Waals surface area contributed by atoms with Crippen LogP contribution < -0.4 is 10.2 Å². The summed E-state index contributed by atoms with van der Waals surface area (Å²) < 4.78 is 0. The van der Waals surface area contributed by atoms with Crippen LogP contribution in [0.25, 0.3) is 0 Å². The molecule has 0 bridgehead atoms. The normalized spacial score (nSPS) is 22.2. The highest BCUT2D eigenvalue weighted by atomic mass is 16.2. The van der Waals surface area contributed by atoms with Gasteiger partial charge in [-0.3, -0.25) is 9.69 Å². The fourth-order valence-corrected chi connectivity index (χ4v) is 4.45. The van der Waals surface area contributed by atoms with Gasteiger partial charge in [0.25, 0.3) is 5.91 Å². The van der Waals surface area contributed by atoms with E-state index in [2.05, 4.69) is 35.3 Å². The molecule has 128 valence electrons. The molecular weight excluding hydrogens is 302 g/mol. The summed E-state index contributed by atoms with van der Waals surface area (Å²) in [6.45, 7) is 4.30. The third-order valence-electron chi connectivity index (χ3n) is 5.75. The number of anilines is 1. The molecule has 1 saturated heterocycles. The van der Waals surface area contributed by atoms with Crippen molar-refractivity contribution in [1.29, 1.82) is 0 Å². The first-order chi connectivity index (χ1) is 11.6. The van der Waals surface area contributed by atoms with Crippen LogP contribution in [0, 0.1) is 6.92 Å². The Kier molecular flexibility index (Phi) is 3.74. The first-order valence-electron chi connectivity index (χ1n) is 9.08. The summed E-state index contributed by atoms with van der Waals surface area (Å²) in [5, 5.41) is 2.96. The first kappa shape index (κ1) is 15.5. The summed E-state index contributed by atoms with van der Waals surface area (Å²) in [5.41, 5.74) is 3.33. The standard InChI is InChI=1S/C19H25N3O2/c1-14-6-7-16-15(13-14)5-4-10-21(16)11-12-22-17(23)19(20-18(22)24)8-2-3-9-19/h6-7,13H,2-5,8-12H2,1H3,(H,20,24). The number of benzene rings is 1. The molecule has 3 amide bonds. The zero-order chi connectivity index (χ0) is 16.7. The van der Waals surface area contributed by atoms with Gasteiger partial charge in [0.2, 0.25) is 0 Å². The van der Waals surface area contributed by atoms with Gasteiger partial charge in [-0.15, -0.1) is 0 Å². The predicted molar refractivity (Wildman–Crippen MR) is 93.2 cm³/mol. The highest BCUT2D eigenvalue weighted by molar-refractivity contribution is 6.07. The lowest BCUT2D eigenvalue weighted by Crippen LogP contribution is -2.45. The van der Waals surface area contributed by atoms with Gasteiger partial charge >= 0.3 is 6.03 Å². The van der Waals surface area contributed by atoms with E-state index < -0.39 is 5.54 Å². The first-order valence-corrected chi connectivity index (χ1v) is 9.08. The summed E-state index contributed by atoms with van der Waals surface area (Å²) >= 11 is 0. The molecule has 5 heteroatoms. The SMILES string of the molecule is Cc1ccc2c(c1)CCCN2CCN1C(=O)NC2(CCCC2)C1=O. The van der Waals surface area contributed by atoms with Gasteiger partial charge < -0.3 is 10.2 Å². The molecule has 0 radical (unpaired) electrons. The van der Waals surface area contributed by atoms with E-state index in [0.29, 0.717) is 13.1 Å². The highest BCUT2D eigenvalue weighted by Crippen LogP contribution is 2.35. The molecular formula is C19H25N3O2. The van der Waals surface area contributed by atoms with Crippen molar-refractivity contribution < 1.29 is 9.59 Å². The zero-order valence-electron chi connectivity index (χ0n) is 14.3. The van der Waals surface area contributed by atoms with Crippen molar-refractivity contribution in [3.05, 3.63) is 29.3 Å². The van der Waals surface area contributed by atoms with E-state index in [-0.39, 0.29) is 11.9 Å². The third kappa shape index (κ3) is 2.46. The fourth-order valence-electron chi connectivity index (χ4n) is 4.45. The number of rotatable bonds is 3. The van der Waals surface area contributed by atoms with Crippen molar-refractivity contribution in [2.75, 3.05) is 24.5 Å². The zero-order valence-corrected chi connectivity index (χ0v) is 14.3. The Hall–Kier alpha value is -2.04. The number of imide groups is 1. The molecule has 1 aromatic rings. The van der Waals surface area contributed by atoms with Crippen LogP contribution in [0.15, 0.2) is 18.2 Å². The quantitative estimate of drug-likeness (QED) is 0.868. The van der Waals surface area contributed by atoms with Crippen LogP contribution in [0.5, 0.6) is 0 Å². The average molecular weight is 327 g/mol. The smallest absolute Gasteiger partial charge is 0.325 e. The molecule has 1 spiro atoms. The van der Waals surface area contributed by atoms with Crippen LogP contribution in [0.1, 0.15) is 43.2 Å². The van der Waals surface area contributed by atoms with Crippen molar-refractivity contribution in [3.8, 4) is 0 Å². The molecule has 1 aromatic carbocycles. The van der Waals surface area contributed by atoms with Gasteiger partial charge in [-0.05, 0) is 44.2 Å². The number of amides is 3. The molecule has 3 aliphatic rings. The topological polar surface area (TPSA) is 52.6 Å². The maximum absolute atomic E-state index is 12.7. The largest absolute Gasteiger partial charge is 0.370 e. The predicted octanol–water partition coefficient (Wildman–Crippen LogP) is 2.61. The Balaban J connectivity index is 1.46. The summed E-state index contributed by atoms with van der Waals surface area (Å²) in [4.78, 5) is 28.8. The molecule has 5 nitrogen and oxygen atoms in total. The van der Waals surface area contributed by atoms with Crippen LogP contribution in [0.4, 0.5) is 10.5 Å². The number of nitrogens with zero attached hydrogens (tertiary/aromatic N) is 2. The number of carbonyl (C=O) groups excluding carboxylic acids is 2. The second kappa shape index (κ2) is 5.80. The van der Waals surface area contributed by atoms with Gasteiger partial charge in [0.1, 0.15) is 5.54 Å². The van der Waals surface area contributed by atoms with Gasteiger partial charge in [-0.2, -0.15) is 0 Å². The van der Waals surface area contributed by atoms with E-state index in [1.807, 2.05) is 0 Å². The number of carbonyl (C=O) groups is 2. The Morgan fingerprint density at radius 3 is 2.71 bits per heavy atom. The van der Waals surface area contributed by atoms with Crippen molar-refractivity contribution in [2.24, 2.45) is 0 Å². The van der Waals surface area contributed by atoms with Gasteiger partial charge in [0.05, 0.1) is 0 Å². The van der Waals surface area contributed by atoms with Crippen LogP contribution in [-0.4, -0.2) is 42.0 Å². The second-order valence-corrected chi connectivity index (χ2v) is 7.40. The van der Waals surface area contributed by atoms with E-state index in [9.17, 15) is 9.59 Å². The monoisotopic (exact) mass is 327 g/mol. The van der Waals surface area contributed by atoms with Crippen molar-refractivity contribution in [3.63, 3.8) is 0 Å². The van der Waals surface area contributed by atoms with Crippen molar-refractivity contribution in [1.82, 2.24) is 10.2 Å². The van der Waals surface area contributed by atoms with E-state index in [1.54, 1.807) is 0 Å². The summed E-state index contributed by atoms with van der Waals surface area (Å²) in [5.74, 6) is -0.00820. The summed E-state index contributed by atoms with van der Waals surface area (Å²) in [6.07, 6.45) is 5.87. The molecule has 4 rings (SSSR count). The number of nitrogens with one attached hydrogen (secondary N) is 1. The molecule has 0 unspecified atom stereocenters. The average Bonchev–Trinajstić information content (AvgIpc) is 3.12. The Bertz CT molecular complexity index is 679. The molecule has 0 atom stereocenters. The Labute approximate surface area is 143 Å². The minimum absolute atomic E-state index is 0.00820. The Morgan fingerprint density at radius 2 is 1.92 bits per heavy atom. The molecule has 1 saturated carbocycles. The number of urea groups is 1. The number of hydrogen-bond acceptors (Lipinski definition) is 3. The van der Waals surface area contributed by atoms with Gasteiger partial charge in [-0.1, -0.05) is 30.5 Å². The lowest BCUT2D eigenvalue weighted by molar-refractivity contribution is -0.131. The molecule has 2 fully saturated rings. The van der Waals surface area contributed by atoms with Gasteiger partial charge in [-0.25, -0.2) is 4.79 Å². The molecule has 2 heterocycles. The number of fused-ring (bicyclic) bond motifs is 1. The van der Waals surface area contributed by atoms with E-state index in [4.69, 9.17) is 0 Å². The van der Waals surface area contributed by atoms with Crippen molar-refractivity contribution in [2.45, 2.75) is 51.0 Å². The van der Waals surface area contributed by atoms with Gasteiger partial charge in [0, 0.05) is 25.3 Å². The van der Waals surface area contributed by atoms with Crippen LogP contribution in [0.3, 0.4) is 0 Å². The maximum atomic E-state index is 12.7. The van der Waals surface area contributed by atoms with Gasteiger partial charge in [0.15, 0.2) is 0 Å². The van der Waals surface area contributed by atoms with Crippen LogP contribution in [-0.2, 0) is 11.2 Å². The molecule has 2 aliphatic heterocycles. The highest BCUT2D eigenvalue weighted by Gasteiger charge is 2.52. The molecule has 0 aromatic heterocycles. The Morgan fingerprint density at radius 1 is 1.12 bits per heavy atom. The minimum atomic E-state index is -0.589. The van der Waals surface area contributed by atoms with E-state index in [1.165, 1.54) is 21.7 Å². The van der Waals surface area contributed by atoms with Crippen LogP contribution >= 0.6 is 0 Å². The molecule has 1 aliphatic carbocycles. The number of hydrogen-bond donors (Lipinski definition) is 1. The molecule has 1 N–H and O–H groups in total. The lowest BCUT2D eigenvalue weighted by Gasteiger charge is -2.32. The van der Waals surface area contributed by atoms with Crippen molar-refractivity contribution >= 4 is 17.6 Å². The number of aryl methyl sites for hydroxylation is 2. The van der Waals surface area contributed by atoms with E-state index >= 15 is 0 Å². The minimum Gasteiger partial charge on any atom is -0.370 e. The lowest BCUT2D eigenvalue weighted by atomic mass is 9.98. The molecule has 24 heavy (non-hydrogen) atoms. The van der Waals surface area contributed by atoms with E-state index in [0.717, 1.165) is 45.1 Å². The fraction of sp³-hybridized carbons (Fsp3) is 0.579. The summed E-state index contributed by atoms with van der Waals surface area (Å²) in [6, 6.07) is 6.36. The summed E-state index contributed by atoms with van der Waals surface area (Å²) in [7, 11) is 0. The maximum Gasteiger partial charge on any atom is 0.325 e. The van der Waals surface area contributed by atoms with Crippen LogP contribution in [0.2, 0.25) is 0 Å². The third-order valence-corrected chi connectivity index (χ3v) is 5.75.